The van der Waals surface area contributed by atoms with Crippen LogP contribution in [0.5, 0.6) is 0 Å². The van der Waals surface area contributed by atoms with Gasteiger partial charge < -0.3 is 9.64 Å². The van der Waals surface area contributed by atoms with Crippen molar-refractivity contribution >= 4 is 5.91 Å². The van der Waals surface area contributed by atoms with E-state index in [4.69, 9.17) is 4.74 Å². The van der Waals surface area contributed by atoms with Crippen LogP contribution < -0.4 is 5.32 Å². The van der Waals surface area contributed by atoms with E-state index in [1.807, 2.05) is 11.8 Å². The second-order valence-electron chi connectivity index (χ2n) is 5.16. The molecule has 0 aromatic rings. The molecule has 4 nitrogen and oxygen atoms in total. The zero-order valence-corrected chi connectivity index (χ0v) is 9.91. The number of hydrogen-bond donors (Lipinski definition) is 1. The summed E-state index contributed by atoms with van der Waals surface area (Å²) in [7, 11) is 1.75. The van der Waals surface area contributed by atoms with Crippen molar-refractivity contribution in [1.29, 1.82) is 0 Å². The van der Waals surface area contributed by atoms with Crippen LogP contribution in [0.25, 0.3) is 0 Å². The standard InChI is InChI=1S/C11H20N2O2/c1-7-12-6-10(14)13(7)8-5-9(15-4)11(8,2)3/h7-9,12H,5-6H2,1-4H3. The van der Waals surface area contributed by atoms with Crippen LogP contribution in [0, 0.1) is 5.41 Å². The molecule has 1 heterocycles. The summed E-state index contributed by atoms with van der Waals surface area (Å²) < 4.78 is 5.40. The minimum absolute atomic E-state index is 0.0741. The topological polar surface area (TPSA) is 41.6 Å². The molecule has 1 N–H and O–H groups in total. The Morgan fingerprint density at radius 3 is 2.60 bits per heavy atom. The third-order valence-electron chi connectivity index (χ3n) is 4.00. The molecular formula is C11H20N2O2. The fraction of sp³-hybridized carbons (Fsp3) is 0.909. The van der Waals surface area contributed by atoms with Crippen molar-refractivity contribution in [3.8, 4) is 0 Å². The Hall–Kier alpha value is -0.610. The van der Waals surface area contributed by atoms with Crippen LogP contribution in [0.2, 0.25) is 0 Å². The van der Waals surface area contributed by atoms with Crippen molar-refractivity contribution < 1.29 is 9.53 Å². The van der Waals surface area contributed by atoms with Crippen LogP contribution in [0.3, 0.4) is 0 Å². The molecule has 1 aliphatic carbocycles. The van der Waals surface area contributed by atoms with Gasteiger partial charge in [0.15, 0.2) is 0 Å². The molecule has 0 spiro atoms. The van der Waals surface area contributed by atoms with Gasteiger partial charge in [-0.3, -0.25) is 10.1 Å². The van der Waals surface area contributed by atoms with Crippen LogP contribution in [0.15, 0.2) is 0 Å². The van der Waals surface area contributed by atoms with Crippen molar-refractivity contribution in [3.05, 3.63) is 0 Å². The monoisotopic (exact) mass is 212 g/mol. The molecule has 1 saturated carbocycles. The molecule has 0 radical (unpaired) electrons. The molecule has 1 saturated heterocycles. The first kappa shape index (κ1) is 10.9. The lowest BCUT2D eigenvalue weighted by Crippen LogP contribution is -2.63. The lowest BCUT2D eigenvalue weighted by molar-refractivity contribution is -0.160. The Kier molecular flexibility index (Phi) is 2.51. The van der Waals surface area contributed by atoms with E-state index in [9.17, 15) is 4.79 Å². The number of nitrogens with zero attached hydrogens (tertiary/aromatic N) is 1. The SMILES string of the molecule is COC1CC(N2C(=O)CNC2C)C1(C)C. The first-order valence-corrected chi connectivity index (χ1v) is 5.56. The van der Waals surface area contributed by atoms with Crippen molar-refractivity contribution in [2.75, 3.05) is 13.7 Å². The van der Waals surface area contributed by atoms with Gasteiger partial charge in [-0.15, -0.1) is 0 Å². The third-order valence-corrected chi connectivity index (χ3v) is 4.00. The van der Waals surface area contributed by atoms with Crippen LogP contribution in [0.4, 0.5) is 0 Å². The van der Waals surface area contributed by atoms with E-state index in [1.54, 1.807) is 7.11 Å². The molecule has 0 aromatic heterocycles. The Morgan fingerprint density at radius 2 is 2.20 bits per heavy atom. The maximum Gasteiger partial charge on any atom is 0.238 e. The first-order chi connectivity index (χ1) is 6.98. The van der Waals surface area contributed by atoms with Crippen LogP contribution >= 0.6 is 0 Å². The van der Waals surface area contributed by atoms with Gasteiger partial charge in [-0.1, -0.05) is 13.8 Å². The molecule has 4 heteroatoms. The quantitative estimate of drug-likeness (QED) is 0.728. The van der Waals surface area contributed by atoms with Crippen molar-refractivity contribution in [2.24, 2.45) is 5.41 Å². The molecule has 0 bridgehead atoms. The van der Waals surface area contributed by atoms with Gasteiger partial charge in [0.05, 0.1) is 18.8 Å². The second kappa shape index (κ2) is 3.46. The molecule has 3 unspecified atom stereocenters. The van der Waals surface area contributed by atoms with Crippen molar-refractivity contribution in [3.63, 3.8) is 0 Å². The summed E-state index contributed by atoms with van der Waals surface area (Å²) in [6, 6.07) is 0.319. The molecule has 2 rings (SSSR count). The largest absolute Gasteiger partial charge is 0.381 e. The number of hydrogen-bond acceptors (Lipinski definition) is 3. The summed E-state index contributed by atoms with van der Waals surface area (Å²) >= 11 is 0. The number of methoxy groups -OCH3 is 1. The van der Waals surface area contributed by atoms with Gasteiger partial charge in [0, 0.05) is 18.6 Å². The highest BCUT2D eigenvalue weighted by atomic mass is 16.5. The molecule has 1 aliphatic heterocycles. The number of rotatable bonds is 2. The number of nitrogens with one attached hydrogen (secondary N) is 1. The van der Waals surface area contributed by atoms with E-state index in [-0.39, 0.29) is 23.6 Å². The average molecular weight is 212 g/mol. The first-order valence-electron chi connectivity index (χ1n) is 5.56. The molecule has 0 aromatic carbocycles. The van der Waals surface area contributed by atoms with Crippen molar-refractivity contribution in [1.82, 2.24) is 10.2 Å². The lowest BCUT2D eigenvalue weighted by Gasteiger charge is -2.55. The van der Waals surface area contributed by atoms with Gasteiger partial charge >= 0.3 is 0 Å². The summed E-state index contributed by atoms with van der Waals surface area (Å²) in [6.07, 6.45) is 1.41. The molecular weight excluding hydrogens is 192 g/mol. The molecule has 15 heavy (non-hydrogen) atoms. The minimum atomic E-state index is 0.0741. The van der Waals surface area contributed by atoms with E-state index in [0.29, 0.717) is 12.6 Å². The second-order valence-corrected chi connectivity index (χ2v) is 5.16. The minimum Gasteiger partial charge on any atom is -0.381 e. The fourth-order valence-corrected chi connectivity index (χ4v) is 2.82. The lowest BCUT2D eigenvalue weighted by atomic mass is 9.63. The highest BCUT2D eigenvalue weighted by Gasteiger charge is 2.54. The summed E-state index contributed by atoms with van der Waals surface area (Å²) in [5.41, 5.74) is 0.0741. The third kappa shape index (κ3) is 1.47. The molecule has 2 aliphatic rings. The molecule has 3 atom stereocenters. The normalized spacial score (nSPS) is 39.3. The number of amides is 1. The highest BCUT2D eigenvalue weighted by molar-refractivity contribution is 5.81. The number of ether oxygens (including phenoxy) is 1. The maximum atomic E-state index is 11.7. The van der Waals surface area contributed by atoms with E-state index in [1.165, 1.54) is 0 Å². The summed E-state index contributed by atoms with van der Waals surface area (Å²) in [5, 5.41) is 3.17. The van der Waals surface area contributed by atoms with E-state index < -0.39 is 0 Å². The predicted molar refractivity (Wildman–Crippen MR) is 57.3 cm³/mol. The van der Waals surface area contributed by atoms with Crippen molar-refractivity contribution in [2.45, 2.75) is 45.5 Å². The van der Waals surface area contributed by atoms with Gasteiger partial charge in [0.1, 0.15) is 0 Å². The summed E-state index contributed by atoms with van der Waals surface area (Å²) in [6.45, 7) is 6.87. The number of carbonyl (C=O) groups excluding carboxylic acids is 1. The summed E-state index contributed by atoms with van der Waals surface area (Å²) in [4.78, 5) is 13.7. The highest BCUT2D eigenvalue weighted by Crippen LogP contribution is 2.46. The smallest absolute Gasteiger partial charge is 0.238 e. The van der Waals surface area contributed by atoms with Gasteiger partial charge in [0.25, 0.3) is 0 Å². The predicted octanol–water partition coefficient (Wildman–Crippen LogP) is 0.578. The van der Waals surface area contributed by atoms with Gasteiger partial charge in [-0.05, 0) is 13.3 Å². The molecule has 86 valence electrons. The molecule has 2 fully saturated rings. The Labute approximate surface area is 91.0 Å². The van der Waals surface area contributed by atoms with Crippen LogP contribution in [-0.2, 0) is 9.53 Å². The van der Waals surface area contributed by atoms with E-state index >= 15 is 0 Å². The zero-order valence-electron chi connectivity index (χ0n) is 9.91. The van der Waals surface area contributed by atoms with Gasteiger partial charge in [0.2, 0.25) is 5.91 Å². The van der Waals surface area contributed by atoms with Gasteiger partial charge in [-0.2, -0.15) is 0 Å². The zero-order chi connectivity index (χ0) is 11.2. The van der Waals surface area contributed by atoms with Crippen LogP contribution in [0.1, 0.15) is 27.2 Å². The van der Waals surface area contributed by atoms with E-state index in [0.717, 1.165) is 6.42 Å². The Bertz CT molecular complexity index is 278. The Balaban J connectivity index is 2.10. The summed E-state index contributed by atoms with van der Waals surface area (Å²) in [5.74, 6) is 0.218. The Morgan fingerprint density at radius 1 is 1.53 bits per heavy atom. The van der Waals surface area contributed by atoms with E-state index in [2.05, 4.69) is 19.2 Å². The maximum absolute atomic E-state index is 11.7. The number of carbonyl (C=O) groups is 1. The van der Waals surface area contributed by atoms with Crippen LogP contribution in [-0.4, -0.2) is 42.8 Å². The fourth-order valence-electron chi connectivity index (χ4n) is 2.82. The molecule has 1 amide bonds. The van der Waals surface area contributed by atoms with Gasteiger partial charge in [-0.25, -0.2) is 0 Å². The average Bonchev–Trinajstić information content (AvgIpc) is 2.48.